The minimum Gasteiger partial charge on any atom is -0.336 e. The van der Waals surface area contributed by atoms with Gasteiger partial charge in [-0.3, -0.25) is 4.72 Å². The molecule has 0 saturated heterocycles. The monoisotopic (exact) mass is 328 g/mol. The normalized spacial score (nSPS) is 12.3. The Bertz CT molecular complexity index is 701. The maximum atomic E-state index is 12.3. The molecule has 0 fully saturated rings. The van der Waals surface area contributed by atoms with E-state index in [1.165, 1.54) is 17.7 Å². The number of thiazole rings is 1. The lowest BCUT2D eigenvalue weighted by Crippen LogP contribution is -2.13. The Labute approximate surface area is 129 Å². The molecule has 2 heterocycles. The molecule has 8 heteroatoms. The molecule has 6 nitrogen and oxygen atoms in total. The summed E-state index contributed by atoms with van der Waals surface area (Å²) in [5.74, 6) is 0.751. The molecular weight excluding hydrogens is 308 g/mol. The first kappa shape index (κ1) is 16.0. The summed E-state index contributed by atoms with van der Waals surface area (Å²) in [5.41, 5.74) is 0. The Morgan fingerprint density at radius 1 is 1.29 bits per heavy atom. The molecule has 0 aliphatic heterocycles. The highest BCUT2D eigenvalue weighted by Crippen LogP contribution is 2.26. The van der Waals surface area contributed by atoms with Crippen molar-refractivity contribution in [1.29, 1.82) is 0 Å². The standard InChI is InChI=1S/C13H20N4O2S2/c1-9(2)6-17-7-12(15-8-17)21(18,19)16-13-14-5-11(20-13)10(3)4/h5,7-10H,6H2,1-4H3,(H,14,16). The predicted molar refractivity (Wildman–Crippen MR) is 84.1 cm³/mol. The van der Waals surface area contributed by atoms with Crippen molar-refractivity contribution in [3.63, 3.8) is 0 Å². The predicted octanol–water partition coefficient (Wildman–Crippen LogP) is 2.92. The van der Waals surface area contributed by atoms with Crippen molar-refractivity contribution in [3.05, 3.63) is 23.6 Å². The molecule has 0 amide bonds. The van der Waals surface area contributed by atoms with E-state index < -0.39 is 10.0 Å². The minimum absolute atomic E-state index is 0.0180. The van der Waals surface area contributed by atoms with E-state index in [-0.39, 0.29) is 5.03 Å². The van der Waals surface area contributed by atoms with Crippen LogP contribution in [0.5, 0.6) is 0 Å². The van der Waals surface area contributed by atoms with Crippen LogP contribution in [0.2, 0.25) is 0 Å². The van der Waals surface area contributed by atoms with Gasteiger partial charge in [-0.15, -0.1) is 11.3 Å². The molecule has 0 saturated carbocycles. The molecule has 0 bridgehead atoms. The van der Waals surface area contributed by atoms with Crippen LogP contribution in [0.15, 0.2) is 23.7 Å². The average Bonchev–Trinajstić information content (AvgIpc) is 2.97. The van der Waals surface area contributed by atoms with E-state index in [0.29, 0.717) is 17.0 Å². The Morgan fingerprint density at radius 3 is 2.57 bits per heavy atom. The fourth-order valence-corrected chi connectivity index (χ4v) is 3.78. The number of nitrogens with zero attached hydrogens (tertiary/aromatic N) is 3. The van der Waals surface area contributed by atoms with Crippen LogP contribution in [-0.4, -0.2) is 23.0 Å². The first-order chi connectivity index (χ1) is 9.78. The van der Waals surface area contributed by atoms with Crippen molar-refractivity contribution >= 4 is 26.5 Å². The van der Waals surface area contributed by atoms with E-state index in [1.807, 2.05) is 13.8 Å². The second kappa shape index (κ2) is 6.15. The first-order valence-corrected chi connectivity index (χ1v) is 9.08. The Kier molecular flexibility index (Phi) is 4.67. The van der Waals surface area contributed by atoms with Gasteiger partial charge in [-0.05, 0) is 11.8 Å². The molecule has 0 aliphatic carbocycles. The van der Waals surface area contributed by atoms with E-state index in [1.54, 1.807) is 17.0 Å². The van der Waals surface area contributed by atoms with Crippen molar-refractivity contribution in [3.8, 4) is 0 Å². The van der Waals surface area contributed by atoms with Gasteiger partial charge in [-0.2, -0.15) is 8.42 Å². The lowest BCUT2D eigenvalue weighted by atomic mass is 10.2. The summed E-state index contributed by atoms with van der Waals surface area (Å²) in [5, 5.41) is 0.390. The molecular formula is C13H20N4O2S2. The topological polar surface area (TPSA) is 76.9 Å². The molecule has 0 aliphatic rings. The summed E-state index contributed by atoms with van der Waals surface area (Å²) in [7, 11) is -3.67. The third-order valence-corrected chi connectivity index (χ3v) is 5.34. The number of hydrogen-bond donors (Lipinski definition) is 1. The average molecular weight is 328 g/mol. The summed E-state index contributed by atoms with van der Waals surface area (Å²) in [4.78, 5) is 9.11. The molecule has 2 aromatic rings. The number of hydrogen-bond acceptors (Lipinski definition) is 5. The van der Waals surface area contributed by atoms with Gasteiger partial charge < -0.3 is 4.57 Å². The Hall–Kier alpha value is -1.41. The van der Waals surface area contributed by atoms with Crippen LogP contribution < -0.4 is 4.72 Å². The number of rotatable bonds is 6. The maximum absolute atomic E-state index is 12.3. The van der Waals surface area contributed by atoms with Crippen LogP contribution in [0, 0.1) is 5.92 Å². The molecule has 2 rings (SSSR count). The van der Waals surface area contributed by atoms with Crippen LogP contribution in [0.1, 0.15) is 38.5 Å². The number of imidazole rings is 1. The summed E-state index contributed by atoms with van der Waals surface area (Å²) >= 11 is 1.34. The molecule has 116 valence electrons. The van der Waals surface area contributed by atoms with Crippen molar-refractivity contribution in [1.82, 2.24) is 14.5 Å². The SMILES string of the molecule is CC(C)Cn1cnc(S(=O)(=O)Nc2ncc(C(C)C)s2)c1. The van der Waals surface area contributed by atoms with Gasteiger partial charge >= 0.3 is 0 Å². The number of nitrogens with one attached hydrogen (secondary N) is 1. The fraction of sp³-hybridized carbons (Fsp3) is 0.538. The zero-order valence-electron chi connectivity index (χ0n) is 12.6. The molecule has 2 aromatic heterocycles. The highest BCUT2D eigenvalue weighted by Gasteiger charge is 2.19. The summed E-state index contributed by atoms with van der Waals surface area (Å²) < 4.78 is 28.8. The van der Waals surface area contributed by atoms with Crippen LogP contribution >= 0.6 is 11.3 Å². The van der Waals surface area contributed by atoms with Crippen LogP contribution in [0.4, 0.5) is 5.13 Å². The molecule has 21 heavy (non-hydrogen) atoms. The highest BCUT2D eigenvalue weighted by molar-refractivity contribution is 7.92. The maximum Gasteiger partial charge on any atom is 0.282 e. The lowest BCUT2D eigenvalue weighted by Gasteiger charge is -2.04. The van der Waals surface area contributed by atoms with Crippen molar-refractivity contribution < 1.29 is 8.42 Å². The smallest absolute Gasteiger partial charge is 0.282 e. The molecule has 0 radical (unpaired) electrons. The van der Waals surface area contributed by atoms with Gasteiger partial charge in [-0.1, -0.05) is 27.7 Å². The van der Waals surface area contributed by atoms with E-state index in [4.69, 9.17) is 0 Å². The van der Waals surface area contributed by atoms with E-state index in [2.05, 4.69) is 28.5 Å². The summed E-state index contributed by atoms with van der Waals surface area (Å²) in [6.45, 7) is 8.95. The van der Waals surface area contributed by atoms with E-state index >= 15 is 0 Å². The van der Waals surface area contributed by atoms with Gasteiger partial charge in [0.25, 0.3) is 10.0 Å². The van der Waals surface area contributed by atoms with Crippen LogP contribution in [0.25, 0.3) is 0 Å². The molecule has 0 spiro atoms. The highest BCUT2D eigenvalue weighted by atomic mass is 32.2. The summed E-state index contributed by atoms with van der Waals surface area (Å²) in [6.07, 6.45) is 4.78. The third kappa shape index (κ3) is 4.04. The van der Waals surface area contributed by atoms with Crippen molar-refractivity contribution in [2.45, 2.75) is 45.2 Å². The lowest BCUT2D eigenvalue weighted by molar-refractivity contribution is 0.522. The Morgan fingerprint density at radius 2 is 2.00 bits per heavy atom. The second-order valence-electron chi connectivity index (χ2n) is 5.63. The van der Waals surface area contributed by atoms with Gasteiger partial charge in [0.15, 0.2) is 10.2 Å². The van der Waals surface area contributed by atoms with Gasteiger partial charge in [-0.25, -0.2) is 9.97 Å². The zero-order chi connectivity index (χ0) is 15.6. The first-order valence-electron chi connectivity index (χ1n) is 6.78. The number of aromatic nitrogens is 3. The van der Waals surface area contributed by atoms with E-state index in [0.717, 1.165) is 11.4 Å². The Balaban J connectivity index is 2.15. The van der Waals surface area contributed by atoms with Gasteiger partial charge in [0.2, 0.25) is 0 Å². The van der Waals surface area contributed by atoms with Gasteiger partial charge in [0.1, 0.15) is 0 Å². The minimum atomic E-state index is -3.67. The second-order valence-corrected chi connectivity index (χ2v) is 8.32. The van der Waals surface area contributed by atoms with Gasteiger partial charge in [0, 0.05) is 23.8 Å². The van der Waals surface area contributed by atoms with Crippen LogP contribution in [0.3, 0.4) is 0 Å². The summed E-state index contributed by atoms with van der Waals surface area (Å²) in [6, 6.07) is 0. The van der Waals surface area contributed by atoms with Gasteiger partial charge in [0.05, 0.1) is 6.33 Å². The fourth-order valence-electron chi connectivity index (χ4n) is 1.77. The quantitative estimate of drug-likeness (QED) is 0.884. The number of anilines is 1. The molecule has 0 unspecified atom stereocenters. The molecule has 0 atom stereocenters. The number of sulfonamides is 1. The third-order valence-electron chi connectivity index (χ3n) is 2.78. The largest absolute Gasteiger partial charge is 0.336 e. The van der Waals surface area contributed by atoms with Crippen LogP contribution in [-0.2, 0) is 16.6 Å². The van der Waals surface area contributed by atoms with Crippen molar-refractivity contribution in [2.75, 3.05) is 4.72 Å². The zero-order valence-corrected chi connectivity index (χ0v) is 14.2. The molecule has 0 aromatic carbocycles. The van der Waals surface area contributed by atoms with E-state index in [9.17, 15) is 8.42 Å². The molecule has 1 N–H and O–H groups in total. The van der Waals surface area contributed by atoms with Crippen molar-refractivity contribution in [2.24, 2.45) is 5.92 Å².